The van der Waals surface area contributed by atoms with Crippen molar-refractivity contribution in [2.45, 2.75) is 33.1 Å². The van der Waals surface area contributed by atoms with Gasteiger partial charge in [0.15, 0.2) is 0 Å². The highest BCUT2D eigenvalue weighted by Gasteiger charge is 2.34. The summed E-state index contributed by atoms with van der Waals surface area (Å²) < 4.78 is 5.60. The third-order valence-electron chi connectivity index (χ3n) is 4.28. The van der Waals surface area contributed by atoms with Gasteiger partial charge in [0, 0.05) is 19.5 Å². The second-order valence-corrected chi connectivity index (χ2v) is 6.12. The molecule has 1 unspecified atom stereocenters. The Bertz CT molecular complexity index is 489. The van der Waals surface area contributed by atoms with Crippen LogP contribution in [-0.4, -0.2) is 37.0 Å². The Labute approximate surface area is 127 Å². The number of nitrogens with zero attached hydrogens (tertiary/aromatic N) is 1. The standard InChI is InChI=1S/C17H26N2O2/c1-3-21-15-7-5-4-6-14(15)8-9-16(20)19-11-10-17(2,12-18)13-19/h4-7H,3,8-13,18H2,1-2H3. The molecule has 0 radical (unpaired) electrons. The van der Waals surface area contributed by atoms with Crippen LogP contribution in [-0.2, 0) is 11.2 Å². The van der Waals surface area contributed by atoms with Gasteiger partial charge in [-0.15, -0.1) is 0 Å². The van der Waals surface area contributed by atoms with E-state index in [1.165, 1.54) is 0 Å². The lowest BCUT2D eigenvalue weighted by atomic mass is 9.90. The van der Waals surface area contributed by atoms with Crippen LogP contribution in [0, 0.1) is 5.41 Å². The number of amides is 1. The lowest BCUT2D eigenvalue weighted by molar-refractivity contribution is -0.130. The Morgan fingerprint density at radius 3 is 2.86 bits per heavy atom. The first-order valence-electron chi connectivity index (χ1n) is 7.76. The average Bonchev–Trinajstić information content (AvgIpc) is 2.90. The van der Waals surface area contributed by atoms with Gasteiger partial charge >= 0.3 is 0 Å². The van der Waals surface area contributed by atoms with E-state index in [4.69, 9.17) is 10.5 Å². The summed E-state index contributed by atoms with van der Waals surface area (Å²) in [6.07, 6.45) is 2.26. The fourth-order valence-electron chi connectivity index (χ4n) is 2.81. The molecule has 0 spiro atoms. The van der Waals surface area contributed by atoms with Gasteiger partial charge in [-0.3, -0.25) is 4.79 Å². The largest absolute Gasteiger partial charge is 0.494 e. The second kappa shape index (κ2) is 6.94. The van der Waals surface area contributed by atoms with Crippen LogP contribution in [0.15, 0.2) is 24.3 Å². The smallest absolute Gasteiger partial charge is 0.222 e. The summed E-state index contributed by atoms with van der Waals surface area (Å²) in [5, 5.41) is 0. The van der Waals surface area contributed by atoms with E-state index in [-0.39, 0.29) is 11.3 Å². The van der Waals surface area contributed by atoms with Crippen LogP contribution in [0.4, 0.5) is 0 Å². The predicted molar refractivity (Wildman–Crippen MR) is 84.3 cm³/mol. The van der Waals surface area contributed by atoms with E-state index in [1.54, 1.807) is 0 Å². The molecule has 4 nitrogen and oxygen atoms in total. The van der Waals surface area contributed by atoms with Gasteiger partial charge in [0.25, 0.3) is 0 Å². The van der Waals surface area contributed by atoms with Gasteiger partial charge in [-0.2, -0.15) is 0 Å². The van der Waals surface area contributed by atoms with Crippen molar-refractivity contribution in [2.75, 3.05) is 26.2 Å². The highest BCUT2D eigenvalue weighted by Crippen LogP contribution is 2.29. The van der Waals surface area contributed by atoms with Crippen molar-refractivity contribution in [1.82, 2.24) is 4.90 Å². The summed E-state index contributed by atoms with van der Waals surface area (Å²) in [7, 11) is 0. The Kier molecular flexibility index (Phi) is 5.23. The molecule has 1 aromatic carbocycles. The van der Waals surface area contributed by atoms with Crippen LogP contribution in [0.3, 0.4) is 0 Å². The van der Waals surface area contributed by atoms with Crippen molar-refractivity contribution in [3.05, 3.63) is 29.8 Å². The Balaban J connectivity index is 1.90. The number of benzene rings is 1. The second-order valence-electron chi connectivity index (χ2n) is 6.12. The Morgan fingerprint density at radius 1 is 1.43 bits per heavy atom. The number of likely N-dealkylation sites (tertiary alicyclic amines) is 1. The fraction of sp³-hybridized carbons (Fsp3) is 0.588. The number of aryl methyl sites for hydroxylation is 1. The molecule has 0 bridgehead atoms. The Hall–Kier alpha value is -1.55. The van der Waals surface area contributed by atoms with Crippen LogP contribution < -0.4 is 10.5 Å². The van der Waals surface area contributed by atoms with E-state index < -0.39 is 0 Å². The Morgan fingerprint density at radius 2 is 2.19 bits per heavy atom. The lowest BCUT2D eigenvalue weighted by Crippen LogP contribution is -2.34. The van der Waals surface area contributed by atoms with E-state index in [0.29, 0.717) is 19.6 Å². The number of para-hydroxylation sites is 1. The van der Waals surface area contributed by atoms with Crippen molar-refractivity contribution in [3.8, 4) is 5.75 Å². The molecule has 1 saturated heterocycles. The molecule has 1 aliphatic rings. The normalized spacial score (nSPS) is 21.6. The van der Waals surface area contributed by atoms with Crippen LogP contribution in [0.25, 0.3) is 0 Å². The molecule has 116 valence electrons. The fourth-order valence-corrected chi connectivity index (χ4v) is 2.81. The number of ether oxygens (including phenoxy) is 1. The van der Waals surface area contributed by atoms with E-state index >= 15 is 0 Å². The first-order chi connectivity index (χ1) is 10.1. The SMILES string of the molecule is CCOc1ccccc1CCC(=O)N1CCC(C)(CN)C1. The molecule has 1 heterocycles. The maximum atomic E-state index is 12.3. The summed E-state index contributed by atoms with van der Waals surface area (Å²) in [6, 6.07) is 7.95. The first-order valence-corrected chi connectivity index (χ1v) is 7.76. The maximum Gasteiger partial charge on any atom is 0.222 e. The van der Waals surface area contributed by atoms with E-state index in [1.807, 2.05) is 36.1 Å². The van der Waals surface area contributed by atoms with Gasteiger partial charge in [0.1, 0.15) is 5.75 Å². The maximum absolute atomic E-state index is 12.3. The van der Waals surface area contributed by atoms with Crippen molar-refractivity contribution in [2.24, 2.45) is 11.1 Å². The summed E-state index contributed by atoms with van der Waals surface area (Å²) >= 11 is 0. The molecule has 0 aliphatic carbocycles. The summed E-state index contributed by atoms with van der Waals surface area (Å²) in [5.74, 6) is 1.11. The van der Waals surface area contributed by atoms with Gasteiger partial charge in [0.2, 0.25) is 5.91 Å². The summed E-state index contributed by atoms with van der Waals surface area (Å²) in [6.45, 7) is 7.04. The molecule has 0 saturated carbocycles. The average molecular weight is 290 g/mol. The van der Waals surface area contributed by atoms with E-state index in [0.717, 1.165) is 37.2 Å². The van der Waals surface area contributed by atoms with Crippen LogP contribution in [0.2, 0.25) is 0 Å². The van der Waals surface area contributed by atoms with Gasteiger partial charge in [-0.25, -0.2) is 0 Å². The van der Waals surface area contributed by atoms with Crippen molar-refractivity contribution < 1.29 is 9.53 Å². The minimum absolute atomic E-state index is 0.0961. The minimum Gasteiger partial charge on any atom is -0.494 e. The highest BCUT2D eigenvalue weighted by atomic mass is 16.5. The molecule has 1 amide bonds. The first kappa shape index (κ1) is 15.8. The van der Waals surface area contributed by atoms with Gasteiger partial charge in [0.05, 0.1) is 6.61 Å². The highest BCUT2D eigenvalue weighted by molar-refractivity contribution is 5.77. The quantitative estimate of drug-likeness (QED) is 0.874. The third kappa shape index (κ3) is 3.97. The minimum atomic E-state index is 0.0961. The van der Waals surface area contributed by atoms with Crippen LogP contribution in [0.1, 0.15) is 32.3 Å². The molecule has 2 rings (SSSR count). The molecule has 4 heteroatoms. The zero-order valence-electron chi connectivity index (χ0n) is 13.1. The third-order valence-corrected chi connectivity index (χ3v) is 4.28. The number of carbonyl (C=O) groups is 1. The summed E-state index contributed by atoms with van der Waals surface area (Å²) in [4.78, 5) is 14.3. The number of nitrogens with two attached hydrogens (primary N) is 1. The van der Waals surface area contributed by atoms with E-state index in [2.05, 4.69) is 6.92 Å². The lowest BCUT2D eigenvalue weighted by Gasteiger charge is -2.22. The summed E-state index contributed by atoms with van der Waals surface area (Å²) in [5.41, 5.74) is 7.00. The number of hydrogen-bond donors (Lipinski definition) is 1. The van der Waals surface area contributed by atoms with Gasteiger partial charge < -0.3 is 15.4 Å². The number of carbonyl (C=O) groups excluding carboxylic acids is 1. The van der Waals surface area contributed by atoms with Gasteiger partial charge in [-0.1, -0.05) is 25.1 Å². The molecule has 1 aromatic rings. The topological polar surface area (TPSA) is 55.6 Å². The molecule has 1 aliphatic heterocycles. The number of rotatable bonds is 6. The zero-order valence-corrected chi connectivity index (χ0v) is 13.1. The monoisotopic (exact) mass is 290 g/mol. The molecular weight excluding hydrogens is 264 g/mol. The molecule has 0 aromatic heterocycles. The number of hydrogen-bond acceptors (Lipinski definition) is 3. The molecular formula is C17H26N2O2. The predicted octanol–water partition coefficient (Wildman–Crippen LogP) is 2.22. The van der Waals surface area contributed by atoms with Crippen LogP contribution >= 0.6 is 0 Å². The van der Waals surface area contributed by atoms with Crippen LogP contribution in [0.5, 0.6) is 5.75 Å². The molecule has 21 heavy (non-hydrogen) atoms. The van der Waals surface area contributed by atoms with E-state index in [9.17, 15) is 4.79 Å². The molecule has 1 fully saturated rings. The molecule has 2 N–H and O–H groups in total. The van der Waals surface area contributed by atoms with Gasteiger partial charge in [-0.05, 0) is 43.4 Å². The zero-order chi connectivity index (χ0) is 15.3. The van der Waals surface area contributed by atoms with Crippen molar-refractivity contribution >= 4 is 5.91 Å². The van der Waals surface area contributed by atoms with Crippen molar-refractivity contribution in [1.29, 1.82) is 0 Å². The molecule has 1 atom stereocenters. The van der Waals surface area contributed by atoms with Crippen molar-refractivity contribution in [3.63, 3.8) is 0 Å².